The van der Waals surface area contributed by atoms with Gasteiger partial charge >= 0.3 is 0 Å². The minimum absolute atomic E-state index is 0.552. The Balaban J connectivity index is 1.85. The van der Waals surface area contributed by atoms with E-state index in [1.807, 2.05) is 0 Å². The molecule has 3 aliphatic rings. The van der Waals surface area contributed by atoms with Crippen LogP contribution in [0, 0.1) is 39.9 Å². The van der Waals surface area contributed by atoms with Crippen LogP contribution >= 0.6 is 11.8 Å². The summed E-state index contributed by atoms with van der Waals surface area (Å²) in [5, 5.41) is 0.897. The molecule has 0 heterocycles. The fourth-order valence-corrected chi connectivity index (χ4v) is 11.3. The van der Waals surface area contributed by atoms with Gasteiger partial charge in [-0.05, 0) is 72.0 Å². The van der Waals surface area contributed by atoms with E-state index in [0.29, 0.717) is 21.0 Å². The number of hydrogen-bond acceptors (Lipinski definition) is 1. The van der Waals surface area contributed by atoms with Gasteiger partial charge in [-0.2, -0.15) is 11.8 Å². The summed E-state index contributed by atoms with van der Waals surface area (Å²) in [6.07, 6.45) is 14.4. The van der Waals surface area contributed by atoms with Crippen molar-refractivity contribution in [3.8, 4) is 0 Å². The van der Waals surface area contributed by atoms with Gasteiger partial charge in [-0.1, -0.05) is 94.4 Å². The Morgan fingerprint density at radius 3 is 1.97 bits per heavy atom. The third-order valence-corrected chi connectivity index (χ3v) is 12.5. The van der Waals surface area contributed by atoms with Crippen molar-refractivity contribution >= 4 is 11.8 Å². The summed E-state index contributed by atoms with van der Waals surface area (Å²) in [5.41, 5.74) is 1.88. The molecule has 3 aliphatic carbocycles. The molecule has 1 heteroatoms. The van der Waals surface area contributed by atoms with Crippen molar-refractivity contribution in [1.82, 2.24) is 0 Å². The fraction of sp³-hybridized carbons (Fsp3) is 1.00. The lowest BCUT2D eigenvalue weighted by Crippen LogP contribution is -2.57. The van der Waals surface area contributed by atoms with Crippen molar-refractivity contribution in [3.63, 3.8) is 0 Å². The van der Waals surface area contributed by atoms with Crippen LogP contribution < -0.4 is 0 Å². The lowest BCUT2D eigenvalue weighted by atomic mass is 9.49. The molecular weight excluding hydrogens is 368 g/mol. The van der Waals surface area contributed by atoms with Crippen LogP contribution in [0.3, 0.4) is 0 Å². The SMILES string of the molecule is CCCCC1(CC)CC(SC2C(C)C(CC)C(CC)C23CC(C)(C)C3)(C(C)C)C1. The summed E-state index contributed by atoms with van der Waals surface area (Å²) in [4.78, 5) is 0. The van der Waals surface area contributed by atoms with Gasteiger partial charge in [-0.25, -0.2) is 0 Å². The molecule has 0 aliphatic heterocycles. The summed E-state index contributed by atoms with van der Waals surface area (Å²) in [7, 11) is 0. The van der Waals surface area contributed by atoms with Crippen molar-refractivity contribution in [2.24, 2.45) is 39.9 Å². The fourth-order valence-electron chi connectivity index (χ4n) is 8.79. The average molecular weight is 421 g/mol. The maximum absolute atomic E-state index is 2.64. The molecule has 3 fully saturated rings. The van der Waals surface area contributed by atoms with Gasteiger partial charge in [-0.15, -0.1) is 0 Å². The van der Waals surface area contributed by atoms with Gasteiger partial charge in [0.2, 0.25) is 0 Å². The van der Waals surface area contributed by atoms with Crippen molar-refractivity contribution in [2.75, 3.05) is 0 Å². The molecule has 0 N–H and O–H groups in total. The first kappa shape index (κ1) is 24.0. The predicted octanol–water partition coefficient (Wildman–Crippen LogP) is 9.37. The number of thioether (sulfide) groups is 1. The first-order valence-corrected chi connectivity index (χ1v) is 14.1. The summed E-state index contributed by atoms with van der Waals surface area (Å²) in [5.74, 6) is 3.63. The maximum atomic E-state index is 2.64. The van der Waals surface area contributed by atoms with E-state index in [1.165, 1.54) is 64.2 Å². The maximum Gasteiger partial charge on any atom is 0.0196 e. The third-order valence-electron chi connectivity index (χ3n) is 10.1. The number of unbranched alkanes of at least 4 members (excludes halogenated alkanes) is 1. The first-order chi connectivity index (χ1) is 13.5. The highest BCUT2D eigenvalue weighted by atomic mass is 32.2. The minimum atomic E-state index is 0.552. The van der Waals surface area contributed by atoms with Gasteiger partial charge in [0.1, 0.15) is 0 Å². The molecule has 0 radical (unpaired) electrons. The third kappa shape index (κ3) is 3.87. The van der Waals surface area contributed by atoms with Gasteiger partial charge in [0.05, 0.1) is 0 Å². The zero-order valence-corrected chi connectivity index (χ0v) is 22.2. The molecule has 4 unspecified atom stereocenters. The second-order valence-corrected chi connectivity index (χ2v) is 14.3. The second kappa shape index (κ2) is 8.37. The number of rotatable bonds is 9. The lowest BCUT2D eigenvalue weighted by Gasteiger charge is -2.63. The highest BCUT2D eigenvalue weighted by molar-refractivity contribution is 8.01. The smallest absolute Gasteiger partial charge is 0.0196 e. The monoisotopic (exact) mass is 420 g/mol. The van der Waals surface area contributed by atoms with E-state index in [2.05, 4.69) is 74.1 Å². The Morgan fingerprint density at radius 1 is 0.931 bits per heavy atom. The summed E-state index contributed by atoms with van der Waals surface area (Å²) < 4.78 is 0.552. The van der Waals surface area contributed by atoms with E-state index in [1.54, 1.807) is 0 Å². The van der Waals surface area contributed by atoms with Crippen LogP contribution in [0.15, 0.2) is 0 Å². The Labute approximate surface area is 188 Å². The summed E-state index contributed by atoms with van der Waals surface area (Å²) in [6.45, 7) is 22.6. The van der Waals surface area contributed by atoms with E-state index in [4.69, 9.17) is 0 Å². The van der Waals surface area contributed by atoms with E-state index in [0.717, 1.165) is 28.9 Å². The zero-order chi connectivity index (χ0) is 21.7. The van der Waals surface area contributed by atoms with E-state index in [9.17, 15) is 0 Å². The molecule has 0 amide bonds. The molecule has 170 valence electrons. The second-order valence-electron chi connectivity index (χ2n) is 12.8. The lowest BCUT2D eigenvalue weighted by molar-refractivity contribution is -0.0514. The van der Waals surface area contributed by atoms with Gasteiger partial charge in [0.25, 0.3) is 0 Å². The van der Waals surface area contributed by atoms with Crippen molar-refractivity contribution < 1.29 is 0 Å². The molecule has 0 aromatic heterocycles. The summed E-state index contributed by atoms with van der Waals surface area (Å²) >= 11 is 2.53. The molecule has 0 bridgehead atoms. The Kier molecular flexibility index (Phi) is 6.92. The quantitative estimate of drug-likeness (QED) is 0.358. The first-order valence-electron chi connectivity index (χ1n) is 13.2. The van der Waals surface area contributed by atoms with Crippen LogP contribution in [0.5, 0.6) is 0 Å². The largest absolute Gasteiger partial charge is 0.151 e. The van der Waals surface area contributed by atoms with Crippen LogP contribution in [0.1, 0.15) is 127 Å². The molecule has 0 aromatic rings. The molecule has 0 nitrogen and oxygen atoms in total. The molecule has 0 saturated heterocycles. The zero-order valence-electron chi connectivity index (χ0n) is 21.4. The Hall–Kier alpha value is 0.350. The van der Waals surface area contributed by atoms with Crippen molar-refractivity contribution in [2.45, 2.75) is 137 Å². The average Bonchev–Trinajstić information content (AvgIpc) is 2.83. The number of hydrogen-bond donors (Lipinski definition) is 0. The van der Waals surface area contributed by atoms with E-state index >= 15 is 0 Å². The van der Waals surface area contributed by atoms with Crippen LogP contribution in [-0.2, 0) is 0 Å². The Bertz CT molecular complexity index is 545. The van der Waals surface area contributed by atoms with Crippen molar-refractivity contribution in [1.29, 1.82) is 0 Å². The molecule has 0 aromatic carbocycles. The van der Waals surface area contributed by atoms with Gasteiger partial charge in [0, 0.05) is 10.00 Å². The normalized spacial score (nSPS) is 42.8. The molecule has 1 spiro atoms. The molecular formula is C28H52S. The molecule has 4 atom stereocenters. The van der Waals surface area contributed by atoms with Gasteiger partial charge in [0.15, 0.2) is 0 Å². The molecule has 29 heavy (non-hydrogen) atoms. The standard InChI is InChI=1S/C28H52S/c1-10-14-15-26(13-4)18-28(19-26,20(5)6)29-24-21(7)22(11-2)23(12-3)27(24)16-25(8,9)17-27/h20-24H,10-19H2,1-9H3. The highest BCUT2D eigenvalue weighted by Crippen LogP contribution is 2.74. The highest BCUT2D eigenvalue weighted by Gasteiger charge is 2.67. The van der Waals surface area contributed by atoms with Crippen molar-refractivity contribution in [3.05, 3.63) is 0 Å². The predicted molar refractivity (Wildman–Crippen MR) is 133 cm³/mol. The van der Waals surface area contributed by atoms with Crippen LogP contribution in [0.25, 0.3) is 0 Å². The van der Waals surface area contributed by atoms with Crippen LogP contribution in [0.2, 0.25) is 0 Å². The van der Waals surface area contributed by atoms with Gasteiger partial charge in [-0.3, -0.25) is 0 Å². The topological polar surface area (TPSA) is 0 Å². The minimum Gasteiger partial charge on any atom is -0.151 e. The molecule has 3 saturated carbocycles. The van der Waals surface area contributed by atoms with Crippen LogP contribution in [-0.4, -0.2) is 10.00 Å². The summed E-state index contributed by atoms with van der Waals surface area (Å²) in [6, 6.07) is 0. The molecule has 3 rings (SSSR count). The van der Waals surface area contributed by atoms with E-state index < -0.39 is 0 Å². The van der Waals surface area contributed by atoms with Crippen LogP contribution in [0.4, 0.5) is 0 Å². The Morgan fingerprint density at radius 2 is 1.55 bits per heavy atom. The van der Waals surface area contributed by atoms with E-state index in [-0.39, 0.29) is 0 Å². The van der Waals surface area contributed by atoms with Gasteiger partial charge < -0.3 is 0 Å².